The average Bonchev–Trinajstić information content (AvgIpc) is 2.41. The Morgan fingerprint density at radius 1 is 1.35 bits per heavy atom. The van der Waals surface area contributed by atoms with Crippen molar-refractivity contribution in [1.29, 1.82) is 0 Å². The standard InChI is InChI=1S/C15H20O4S/c1-3-12-7-9-13(10-8-12)20(17,18)19-14-6-4-5-11-15(14,2)16/h3,7-10,14,16H,1,4-6,11H2,2H3. The molecule has 2 atom stereocenters. The molecule has 1 aliphatic carbocycles. The second-order valence-electron chi connectivity index (χ2n) is 5.42. The molecule has 1 saturated carbocycles. The molecule has 0 saturated heterocycles. The molecule has 1 N–H and O–H groups in total. The molecule has 5 heteroatoms. The molecule has 0 aromatic heterocycles. The van der Waals surface area contributed by atoms with Gasteiger partial charge in [0.2, 0.25) is 0 Å². The van der Waals surface area contributed by atoms with Crippen molar-refractivity contribution in [3.63, 3.8) is 0 Å². The third-order valence-electron chi connectivity index (χ3n) is 3.74. The number of rotatable bonds is 4. The van der Waals surface area contributed by atoms with Crippen molar-refractivity contribution in [1.82, 2.24) is 0 Å². The first-order chi connectivity index (χ1) is 9.35. The molecule has 110 valence electrons. The molecule has 0 bridgehead atoms. The molecular weight excluding hydrogens is 276 g/mol. The average molecular weight is 296 g/mol. The minimum atomic E-state index is -3.85. The van der Waals surface area contributed by atoms with Crippen molar-refractivity contribution in [3.8, 4) is 0 Å². The molecule has 4 nitrogen and oxygen atoms in total. The molecule has 1 aromatic rings. The second-order valence-corrected chi connectivity index (χ2v) is 6.99. The summed E-state index contributed by atoms with van der Waals surface area (Å²) in [5.41, 5.74) is -0.250. The van der Waals surface area contributed by atoms with Crippen LogP contribution in [-0.4, -0.2) is 25.2 Å². The minimum Gasteiger partial charge on any atom is -0.387 e. The Hall–Kier alpha value is -1.17. The lowest BCUT2D eigenvalue weighted by atomic mass is 9.84. The Labute approximate surface area is 120 Å². The molecule has 0 radical (unpaired) electrons. The van der Waals surface area contributed by atoms with Crippen LogP contribution in [0.5, 0.6) is 0 Å². The minimum absolute atomic E-state index is 0.101. The highest BCUT2D eigenvalue weighted by atomic mass is 32.2. The van der Waals surface area contributed by atoms with Crippen LogP contribution in [0.3, 0.4) is 0 Å². The molecule has 0 spiro atoms. The fraction of sp³-hybridized carbons (Fsp3) is 0.467. The Kier molecular flexibility index (Phi) is 4.32. The largest absolute Gasteiger partial charge is 0.387 e. The molecule has 2 unspecified atom stereocenters. The summed E-state index contributed by atoms with van der Waals surface area (Å²) in [5, 5.41) is 10.2. The third-order valence-corrected chi connectivity index (χ3v) is 5.08. The zero-order valence-corrected chi connectivity index (χ0v) is 12.4. The van der Waals surface area contributed by atoms with Crippen LogP contribution in [0.1, 0.15) is 38.2 Å². The molecule has 1 fully saturated rings. The first kappa shape index (κ1) is 15.2. The van der Waals surface area contributed by atoms with Crippen LogP contribution in [0.4, 0.5) is 0 Å². The van der Waals surface area contributed by atoms with Gasteiger partial charge in [-0.15, -0.1) is 0 Å². The summed E-state index contributed by atoms with van der Waals surface area (Å²) in [6, 6.07) is 6.32. The predicted molar refractivity (Wildman–Crippen MR) is 77.7 cm³/mol. The molecule has 20 heavy (non-hydrogen) atoms. The number of benzene rings is 1. The van der Waals surface area contributed by atoms with Crippen molar-refractivity contribution in [2.45, 2.75) is 49.2 Å². The lowest BCUT2D eigenvalue weighted by Crippen LogP contribution is -2.44. The number of hydrogen-bond donors (Lipinski definition) is 1. The molecule has 0 aliphatic heterocycles. The van der Waals surface area contributed by atoms with E-state index in [1.54, 1.807) is 25.1 Å². The first-order valence-corrected chi connectivity index (χ1v) is 8.14. The topological polar surface area (TPSA) is 63.6 Å². The maximum absolute atomic E-state index is 12.2. The van der Waals surface area contributed by atoms with E-state index in [1.165, 1.54) is 12.1 Å². The molecule has 0 heterocycles. The normalized spacial score (nSPS) is 27.2. The van der Waals surface area contributed by atoms with Gasteiger partial charge in [-0.1, -0.05) is 37.6 Å². The molecular formula is C15H20O4S. The summed E-state index contributed by atoms with van der Waals surface area (Å²) in [5.74, 6) is 0. The van der Waals surface area contributed by atoms with E-state index in [1.807, 2.05) is 0 Å². The van der Waals surface area contributed by atoms with E-state index >= 15 is 0 Å². The van der Waals surface area contributed by atoms with Crippen molar-refractivity contribution in [3.05, 3.63) is 36.4 Å². The Morgan fingerprint density at radius 2 is 2.00 bits per heavy atom. The molecule has 2 rings (SSSR count). The van der Waals surface area contributed by atoms with E-state index < -0.39 is 21.8 Å². The van der Waals surface area contributed by atoms with E-state index in [2.05, 4.69) is 6.58 Å². The fourth-order valence-electron chi connectivity index (χ4n) is 2.42. The van der Waals surface area contributed by atoms with Crippen molar-refractivity contribution < 1.29 is 17.7 Å². The summed E-state index contributed by atoms with van der Waals surface area (Å²) < 4.78 is 29.7. The summed E-state index contributed by atoms with van der Waals surface area (Å²) in [7, 11) is -3.85. The van der Waals surface area contributed by atoms with Gasteiger partial charge in [-0.3, -0.25) is 4.18 Å². The van der Waals surface area contributed by atoms with Crippen molar-refractivity contribution >= 4 is 16.2 Å². The van der Waals surface area contributed by atoms with Crippen LogP contribution in [0.15, 0.2) is 35.7 Å². The van der Waals surface area contributed by atoms with E-state index in [-0.39, 0.29) is 4.90 Å². The van der Waals surface area contributed by atoms with Crippen LogP contribution in [0.2, 0.25) is 0 Å². The fourth-order valence-corrected chi connectivity index (χ4v) is 3.61. The van der Waals surface area contributed by atoms with Gasteiger partial charge in [-0.2, -0.15) is 8.42 Å². The van der Waals surface area contributed by atoms with Crippen LogP contribution in [-0.2, 0) is 14.3 Å². The van der Waals surface area contributed by atoms with Crippen molar-refractivity contribution in [2.75, 3.05) is 0 Å². The van der Waals surface area contributed by atoms with Gasteiger partial charge in [0.25, 0.3) is 10.1 Å². The zero-order chi connectivity index (χ0) is 14.8. The van der Waals surface area contributed by atoms with E-state index in [0.29, 0.717) is 12.8 Å². The summed E-state index contributed by atoms with van der Waals surface area (Å²) in [6.45, 7) is 5.25. The summed E-state index contributed by atoms with van der Waals surface area (Å²) in [4.78, 5) is 0.101. The van der Waals surface area contributed by atoms with Gasteiger partial charge < -0.3 is 5.11 Å². The highest BCUT2D eigenvalue weighted by Crippen LogP contribution is 2.32. The van der Waals surface area contributed by atoms with Crippen molar-refractivity contribution in [2.24, 2.45) is 0 Å². The molecule has 1 aromatic carbocycles. The summed E-state index contributed by atoms with van der Waals surface area (Å²) in [6.07, 6.45) is 3.83. The third kappa shape index (κ3) is 3.29. The first-order valence-electron chi connectivity index (χ1n) is 6.73. The van der Waals surface area contributed by atoms with Gasteiger partial charge in [0, 0.05) is 0 Å². The van der Waals surface area contributed by atoms with Gasteiger partial charge >= 0.3 is 0 Å². The number of aliphatic hydroxyl groups is 1. The highest BCUT2D eigenvalue weighted by molar-refractivity contribution is 7.86. The Morgan fingerprint density at radius 3 is 2.55 bits per heavy atom. The quantitative estimate of drug-likeness (QED) is 0.868. The van der Waals surface area contributed by atoms with Crippen LogP contribution in [0.25, 0.3) is 6.08 Å². The van der Waals surface area contributed by atoms with Crippen LogP contribution >= 0.6 is 0 Å². The summed E-state index contributed by atoms with van der Waals surface area (Å²) >= 11 is 0. The van der Waals surface area contributed by atoms with Gasteiger partial charge in [0.1, 0.15) is 6.10 Å². The SMILES string of the molecule is C=Cc1ccc(S(=O)(=O)OC2CCCCC2(C)O)cc1. The Bertz CT molecular complexity index is 572. The highest BCUT2D eigenvalue weighted by Gasteiger charge is 2.38. The number of hydrogen-bond acceptors (Lipinski definition) is 4. The molecule has 0 amide bonds. The van der Waals surface area contributed by atoms with Crippen LogP contribution in [0, 0.1) is 0 Å². The van der Waals surface area contributed by atoms with E-state index in [4.69, 9.17) is 4.18 Å². The lowest BCUT2D eigenvalue weighted by Gasteiger charge is -2.35. The monoisotopic (exact) mass is 296 g/mol. The maximum Gasteiger partial charge on any atom is 0.297 e. The molecule has 1 aliphatic rings. The lowest BCUT2D eigenvalue weighted by molar-refractivity contribution is -0.0712. The Balaban J connectivity index is 2.19. The van der Waals surface area contributed by atoms with Gasteiger partial charge in [0.05, 0.1) is 10.5 Å². The second kappa shape index (κ2) is 5.68. The van der Waals surface area contributed by atoms with Gasteiger partial charge in [0.15, 0.2) is 0 Å². The van der Waals surface area contributed by atoms with Gasteiger partial charge in [-0.05, 0) is 37.5 Å². The maximum atomic E-state index is 12.2. The van der Waals surface area contributed by atoms with Crippen LogP contribution < -0.4 is 0 Å². The van der Waals surface area contributed by atoms with E-state index in [0.717, 1.165) is 18.4 Å². The van der Waals surface area contributed by atoms with Gasteiger partial charge in [-0.25, -0.2) is 0 Å². The predicted octanol–water partition coefficient (Wildman–Crippen LogP) is 2.73. The zero-order valence-electron chi connectivity index (χ0n) is 11.6. The van der Waals surface area contributed by atoms with E-state index in [9.17, 15) is 13.5 Å². The smallest absolute Gasteiger partial charge is 0.297 e.